The fraction of sp³-hybridized carbons (Fsp3) is 0.579. The molecule has 2 N–H and O–H groups in total. The summed E-state index contributed by atoms with van der Waals surface area (Å²) in [5, 5.41) is 6.43. The lowest BCUT2D eigenvalue weighted by molar-refractivity contribution is -0.143. The summed E-state index contributed by atoms with van der Waals surface area (Å²) in [5.74, 6) is 0.268. The monoisotopic (exact) mass is 399 g/mol. The van der Waals surface area contributed by atoms with Crippen LogP contribution in [0.15, 0.2) is 35.3 Å². The minimum atomic E-state index is -4.20. The van der Waals surface area contributed by atoms with Crippen LogP contribution in [-0.2, 0) is 4.79 Å². The number of benzene rings is 1. The number of hydrogen-bond acceptors (Lipinski definition) is 3. The number of likely N-dealkylation sites (tertiary alicyclic amines) is 1. The molecule has 0 spiro atoms. The Morgan fingerprint density at radius 2 is 2.00 bits per heavy atom. The van der Waals surface area contributed by atoms with Crippen molar-refractivity contribution >= 4 is 11.9 Å². The molecule has 1 saturated heterocycles. The zero-order valence-corrected chi connectivity index (χ0v) is 16.5. The molecular weight excluding hydrogens is 371 g/mol. The molecule has 1 heterocycles. The van der Waals surface area contributed by atoms with Crippen LogP contribution in [0.25, 0.3) is 0 Å². The molecule has 1 aliphatic heterocycles. The fourth-order valence-corrected chi connectivity index (χ4v) is 2.99. The summed E-state index contributed by atoms with van der Waals surface area (Å²) in [7, 11) is 3.30. The Labute approximate surface area is 163 Å². The quantitative estimate of drug-likeness (QED) is 0.568. The molecule has 2 unspecified atom stereocenters. The predicted octanol–water partition coefficient (Wildman–Crippen LogP) is 2.01. The molecule has 2 atom stereocenters. The van der Waals surface area contributed by atoms with E-state index in [0.717, 1.165) is 5.56 Å². The smallest absolute Gasteiger partial charge is 0.352 e. The molecule has 0 radical (unpaired) electrons. The molecular formula is C19H28F3N5O. The second-order valence-corrected chi connectivity index (χ2v) is 7.21. The van der Waals surface area contributed by atoms with Gasteiger partial charge in [-0.15, -0.1) is 0 Å². The highest BCUT2D eigenvalue weighted by atomic mass is 19.4. The molecule has 2 rings (SSSR count). The van der Waals surface area contributed by atoms with Gasteiger partial charge in [-0.25, -0.2) is 4.99 Å². The molecule has 0 aromatic heterocycles. The van der Waals surface area contributed by atoms with Gasteiger partial charge in [0.2, 0.25) is 5.91 Å². The lowest BCUT2D eigenvalue weighted by Crippen LogP contribution is -2.46. The third-order valence-corrected chi connectivity index (χ3v) is 4.54. The minimum absolute atomic E-state index is 0.0389. The molecule has 156 valence electrons. The van der Waals surface area contributed by atoms with E-state index in [9.17, 15) is 18.0 Å². The molecule has 0 bridgehead atoms. The number of carbonyl (C=O) groups is 1. The van der Waals surface area contributed by atoms with Gasteiger partial charge in [0.15, 0.2) is 5.96 Å². The molecule has 1 aromatic rings. The number of halogens is 3. The number of alkyl halides is 3. The van der Waals surface area contributed by atoms with Gasteiger partial charge >= 0.3 is 6.18 Å². The van der Waals surface area contributed by atoms with E-state index in [-0.39, 0.29) is 31.1 Å². The molecule has 0 aliphatic carbocycles. The summed E-state index contributed by atoms with van der Waals surface area (Å²) in [5.41, 5.74) is 1.04. The average Bonchev–Trinajstić information content (AvgIpc) is 3.04. The highest BCUT2D eigenvalue weighted by Crippen LogP contribution is 2.20. The van der Waals surface area contributed by atoms with E-state index >= 15 is 0 Å². The first kappa shape index (κ1) is 22.0. The molecule has 6 nitrogen and oxygen atoms in total. The van der Waals surface area contributed by atoms with Crippen LogP contribution < -0.4 is 10.6 Å². The molecule has 1 aromatic carbocycles. The Balaban J connectivity index is 2.02. The summed E-state index contributed by atoms with van der Waals surface area (Å²) in [4.78, 5) is 19.0. The highest BCUT2D eigenvalue weighted by Gasteiger charge is 2.34. The molecule has 0 saturated carbocycles. The number of likely N-dealkylation sites (N-methyl/N-ethyl adjacent to an activating group) is 1. The number of amides is 1. The van der Waals surface area contributed by atoms with Crippen LogP contribution >= 0.6 is 0 Å². The number of nitrogens with zero attached hydrogens (tertiary/aromatic N) is 3. The summed E-state index contributed by atoms with van der Waals surface area (Å²) < 4.78 is 37.8. The number of carbonyl (C=O) groups excluding carboxylic acids is 1. The van der Waals surface area contributed by atoms with Gasteiger partial charge in [0.05, 0.1) is 12.6 Å². The van der Waals surface area contributed by atoms with Crippen LogP contribution in [-0.4, -0.2) is 74.2 Å². The van der Waals surface area contributed by atoms with Crippen LogP contribution in [0.3, 0.4) is 0 Å². The average molecular weight is 399 g/mol. The summed E-state index contributed by atoms with van der Waals surface area (Å²) >= 11 is 0. The van der Waals surface area contributed by atoms with Crippen molar-refractivity contribution in [1.82, 2.24) is 20.4 Å². The van der Waals surface area contributed by atoms with Gasteiger partial charge in [-0.3, -0.25) is 9.69 Å². The van der Waals surface area contributed by atoms with Crippen LogP contribution in [0.5, 0.6) is 0 Å². The fourth-order valence-electron chi connectivity index (χ4n) is 2.99. The van der Waals surface area contributed by atoms with E-state index < -0.39 is 12.7 Å². The molecule has 1 amide bonds. The topological polar surface area (TPSA) is 60.0 Å². The van der Waals surface area contributed by atoms with Crippen molar-refractivity contribution < 1.29 is 18.0 Å². The lowest BCUT2D eigenvalue weighted by atomic mass is 10.1. The Morgan fingerprint density at radius 3 is 2.61 bits per heavy atom. The number of nitrogens with one attached hydrogen (secondary N) is 2. The van der Waals surface area contributed by atoms with Gasteiger partial charge in [-0.05, 0) is 18.9 Å². The van der Waals surface area contributed by atoms with Crippen LogP contribution in [0.4, 0.5) is 13.2 Å². The van der Waals surface area contributed by atoms with Crippen molar-refractivity contribution in [1.29, 1.82) is 0 Å². The predicted molar refractivity (Wildman–Crippen MR) is 103 cm³/mol. The third-order valence-electron chi connectivity index (χ3n) is 4.54. The largest absolute Gasteiger partial charge is 0.401 e. The zero-order valence-electron chi connectivity index (χ0n) is 16.5. The Hall–Kier alpha value is -2.29. The number of guanidine groups is 1. The van der Waals surface area contributed by atoms with Crippen LogP contribution in [0.2, 0.25) is 0 Å². The Kier molecular flexibility index (Phi) is 7.68. The summed E-state index contributed by atoms with van der Waals surface area (Å²) in [6, 6.07) is 9.49. The zero-order chi connectivity index (χ0) is 20.7. The normalized spacial score (nSPS) is 19.4. The Morgan fingerprint density at radius 1 is 1.32 bits per heavy atom. The van der Waals surface area contributed by atoms with E-state index in [0.29, 0.717) is 18.9 Å². The van der Waals surface area contributed by atoms with Crippen molar-refractivity contribution in [3.8, 4) is 0 Å². The molecule has 9 heteroatoms. The van der Waals surface area contributed by atoms with Gasteiger partial charge < -0.3 is 15.5 Å². The van der Waals surface area contributed by atoms with Crippen molar-refractivity contribution in [3.05, 3.63) is 35.9 Å². The van der Waals surface area contributed by atoms with Gasteiger partial charge in [0, 0.05) is 33.2 Å². The molecule has 1 aliphatic rings. The number of rotatable bonds is 6. The van der Waals surface area contributed by atoms with Crippen LogP contribution in [0, 0.1) is 0 Å². The summed E-state index contributed by atoms with van der Waals surface area (Å²) in [6.45, 7) is 1.66. The second-order valence-electron chi connectivity index (χ2n) is 7.21. The maximum Gasteiger partial charge on any atom is 0.401 e. The van der Waals surface area contributed by atoms with Crippen LogP contribution in [0.1, 0.15) is 24.9 Å². The lowest BCUT2D eigenvalue weighted by Gasteiger charge is -2.23. The molecule has 1 fully saturated rings. The SMILES string of the molecule is CC(NC(=NCC(=O)N(C)C)NC1CCN(CC(F)(F)F)C1)c1ccccc1. The maximum absolute atomic E-state index is 12.6. The number of hydrogen-bond donors (Lipinski definition) is 2. The van der Waals surface area contributed by atoms with E-state index in [1.165, 1.54) is 9.80 Å². The highest BCUT2D eigenvalue weighted by molar-refractivity contribution is 5.85. The van der Waals surface area contributed by atoms with E-state index in [2.05, 4.69) is 15.6 Å². The first-order valence-corrected chi connectivity index (χ1v) is 9.26. The van der Waals surface area contributed by atoms with Crippen molar-refractivity contribution in [2.24, 2.45) is 4.99 Å². The Bertz CT molecular complexity index is 663. The molecule has 28 heavy (non-hydrogen) atoms. The van der Waals surface area contributed by atoms with Crippen molar-refractivity contribution in [3.63, 3.8) is 0 Å². The standard InChI is InChI=1S/C19H28F3N5O/c1-14(15-7-5-4-6-8-15)24-18(23-11-17(28)26(2)3)25-16-9-10-27(12-16)13-19(20,21)22/h4-8,14,16H,9-13H2,1-3H3,(H2,23,24,25). The number of aliphatic imine (C=N–C) groups is 1. The van der Waals surface area contributed by atoms with Gasteiger partial charge in [-0.1, -0.05) is 30.3 Å². The van der Waals surface area contributed by atoms with Gasteiger partial charge in [-0.2, -0.15) is 13.2 Å². The van der Waals surface area contributed by atoms with Gasteiger partial charge in [0.1, 0.15) is 6.54 Å². The first-order chi connectivity index (χ1) is 13.1. The van der Waals surface area contributed by atoms with Crippen molar-refractivity contribution in [2.45, 2.75) is 31.6 Å². The van der Waals surface area contributed by atoms with E-state index in [1.807, 2.05) is 37.3 Å². The maximum atomic E-state index is 12.6. The van der Waals surface area contributed by atoms with E-state index in [1.54, 1.807) is 14.1 Å². The minimum Gasteiger partial charge on any atom is -0.352 e. The van der Waals surface area contributed by atoms with Gasteiger partial charge in [0.25, 0.3) is 0 Å². The van der Waals surface area contributed by atoms with E-state index in [4.69, 9.17) is 0 Å². The second kappa shape index (κ2) is 9.77. The summed E-state index contributed by atoms with van der Waals surface area (Å²) in [6.07, 6.45) is -3.62. The first-order valence-electron chi connectivity index (χ1n) is 9.26. The van der Waals surface area contributed by atoms with Crippen molar-refractivity contribution in [2.75, 3.05) is 40.3 Å². The third kappa shape index (κ3) is 7.38.